The Morgan fingerprint density at radius 2 is 1.52 bits per heavy atom. The van der Waals surface area contributed by atoms with Gasteiger partial charge in [0.05, 0.1) is 17.3 Å². The molecule has 54 heavy (non-hydrogen) atoms. The molecule has 282 valence electrons. The van der Waals surface area contributed by atoms with Crippen molar-refractivity contribution in [3.8, 4) is 0 Å². The van der Waals surface area contributed by atoms with Crippen LogP contribution in [0.25, 0.3) is 0 Å². The number of anilines is 4. The average Bonchev–Trinajstić information content (AvgIpc) is 3.32. The lowest BCUT2D eigenvalue weighted by atomic mass is 9.88. The summed E-state index contributed by atoms with van der Waals surface area (Å²) in [5, 5.41) is 5.55. The van der Waals surface area contributed by atoms with Gasteiger partial charge in [0.1, 0.15) is 11.9 Å². The zero-order chi connectivity index (χ0) is 37.3. The van der Waals surface area contributed by atoms with Crippen LogP contribution in [-0.4, -0.2) is 101 Å². The molecular formula is C40H47N9O5. The number of primary amides is 1. The van der Waals surface area contributed by atoms with Crippen LogP contribution >= 0.6 is 0 Å². The van der Waals surface area contributed by atoms with Gasteiger partial charge in [-0.25, -0.2) is 9.97 Å². The Kier molecular flexibility index (Phi) is 10.0. The Hall–Kier alpha value is -5.37. The van der Waals surface area contributed by atoms with Gasteiger partial charge in [-0.3, -0.25) is 34.2 Å². The van der Waals surface area contributed by atoms with Gasteiger partial charge in [0, 0.05) is 50.0 Å². The third-order valence-corrected chi connectivity index (χ3v) is 11.9. The lowest BCUT2D eigenvalue weighted by Gasteiger charge is -2.37. The minimum absolute atomic E-state index is 0.0965. The third kappa shape index (κ3) is 7.14. The lowest BCUT2D eigenvalue weighted by Crippen LogP contribution is -2.54. The largest absolute Gasteiger partial charge is 0.371 e. The Morgan fingerprint density at radius 1 is 0.778 bits per heavy atom. The number of carbonyl (C=O) groups excluding carboxylic acids is 5. The van der Waals surface area contributed by atoms with Gasteiger partial charge in [0.25, 0.3) is 17.7 Å². The summed E-state index contributed by atoms with van der Waals surface area (Å²) in [6, 6.07) is 13.3. The fourth-order valence-electron chi connectivity index (χ4n) is 8.85. The van der Waals surface area contributed by atoms with E-state index in [0.29, 0.717) is 28.9 Å². The van der Waals surface area contributed by atoms with Crippen molar-refractivity contribution >= 4 is 52.5 Å². The number of nitrogens with zero attached hydrogens (tertiary/aromatic N) is 6. The van der Waals surface area contributed by atoms with Gasteiger partial charge in [-0.15, -0.1) is 0 Å². The molecule has 14 nitrogen and oxygen atoms in total. The summed E-state index contributed by atoms with van der Waals surface area (Å²) in [4.78, 5) is 80.1. The highest BCUT2D eigenvalue weighted by atomic mass is 16.2. The molecular weight excluding hydrogens is 686 g/mol. The maximum absolute atomic E-state index is 13.4. The number of nitrogens with two attached hydrogens (primary N) is 1. The number of aromatic nitrogens is 2. The van der Waals surface area contributed by atoms with E-state index in [-0.39, 0.29) is 24.4 Å². The van der Waals surface area contributed by atoms with Crippen LogP contribution in [0, 0.1) is 0 Å². The van der Waals surface area contributed by atoms with Crippen molar-refractivity contribution in [1.29, 1.82) is 0 Å². The van der Waals surface area contributed by atoms with E-state index in [1.165, 1.54) is 12.0 Å². The van der Waals surface area contributed by atoms with Crippen LogP contribution in [0.2, 0.25) is 0 Å². The predicted molar refractivity (Wildman–Crippen MR) is 203 cm³/mol. The molecule has 6 heterocycles. The van der Waals surface area contributed by atoms with Gasteiger partial charge >= 0.3 is 0 Å². The molecule has 2 unspecified atom stereocenters. The van der Waals surface area contributed by atoms with Crippen molar-refractivity contribution in [2.75, 3.05) is 54.4 Å². The van der Waals surface area contributed by atoms with E-state index in [9.17, 15) is 24.0 Å². The standard InChI is InChI=1S/C40H47N9O5/c41-36(51)35-37(44-33(24-42-35)48-17-2-1-3-18-48)43-27-8-6-25(7-9-27)26-14-20-47(21-15-26)28-5-4-19-46(22-16-28)29-10-11-30-31(23-29)40(54)49(39(30)53)32-12-13-34(50)45-38(32)52/h6-11,23-24,26,28,32H,1-5,12-22H2,(H2,41,51)(H,43,44)(H,45,50,52). The Bertz CT molecular complexity index is 1960. The van der Waals surface area contributed by atoms with Crippen molar-refractivity contribution in [1.82, 2.24) is 25.1 Å². The molecule has 0 radical (unpaired) electrons. The number of likely N-dealkylation sites (tertiary alicyclic amines) is 1. The number of amides is 5. The second kappa shape index (κ2) is 15.2. The highest BCUT2D eigenvalue weighted by molar-refractivity contribution is 6.23. The van der Waals surface area contributed by atoms with Gasteiger partial charge < -0.3 is 25.8 Å². The van der Waals surface area contributed by atoms with E-state index >= 15 is 0 Å². The summed E-state index contributed by atoms with van der Waals surface area (Å²) in [6.07, 6.45) is 10.6. The number of hydrogen-bond donors (Lipinski definition) is 3. The van der Waals surface area contributed by atoms with Crippen LogP contribution in [0.5, 0.6) is 0 Å². The molecule has 1 aromatic heterocycles. The molecule has 2 atom stereocenters. The molecule has 0 spiro atoms. The van der Waals surface area contributed by atoms with Crippen molar-refractivity contribution in [2.45, 2.75) is 82.2 Å². The number of imide groups is 2. The second-order valence-corrected chi connectivity index (χ2v) is 15.1. The molecule has 4 fully saturated rings. The first-order valence-electron chi connectivity index (χ1n) is 19.4. The molecule has 0 saturated carbocycles. The van der Waals surface area contributed by atoms with Gasteiger partial charge in [-0.05, 0) is 113 Å². The highest BCUT2D eigenvalue weighted by Gasteiger charge is 2.45. The minimum atomic E-state index is -0.969. The molecule has 2 aromatic carbocycles. The maximum Gasteiger partial charge on any atom is 0.271 e. The number of nitrogens with one attached hydrogen (secondary N) is 2. The first kappa shape index (κ1) is 35.6. The van der Waals surface area contributed by atoms with Crippen LogP contribution in [0.1, 0.15) is 107 Å². The monoisotopic (exact) mass is 733 g/mol. The molecule has 5 aliphatic rings. The Labute approximate surface area is 314 Å². The summed E-state index contributed by atoms with van der Waals surface area (Å²) < 4.78 is 0. The summed E-state index contributed by atoms with van der Waals surface area (Å²) in [6.45, 7) is 5.62. The number of fused-ring (bicyclic) bond motifs is 1. The van der Waals surface area contributed by atoms with Crippen LogP contribution in [0.3, 0.4) is 0 Å². The van der Waals surface area contributed by atoms with Gasteiger partial charge in [0.2, 0.25) is 11.8 Å². The topological polar surface area (TPSA) is 174 Å². The lowest BCUT2D eigenvalue weighted by molar-refractivity contribution is -0.136. The normalized spacial score (nSPS) is 22.9. The fourth-order valence-corrected chi connectivity index (χ4v) is 8.85. The number of carbonyl (C=O) groups is 5. The van der Waals surface area contributed by atoms with Gasteiger partial charge in [-0.1, -0.05) is 12.1 Å². The van der Waals surface area contributed by atoms with Crippen molar-refractivity contribution in [3.05, 3.63) is 71.0 Å². The SMILES string of the molecule is NC(=O)c1ncc(N2CCCCC2)nc1Nc1ccc(C2CCN(C3CCCN(c4ccc5c(c4)C(=O)N(C4CCC(=O)NC4=O)C5=O)CC3)CC2)cc1. The molecule has 4 saturated heterocycles. The summed E-state index contributed by atoms with van der Waals surface area (Å²) in [5.74, 6) is -0.958. The quantitative estimate of drug-likeness (QED) is 0.286. The van der Waals surface area contributed by atoms with Gasteiger partial charge in [0.15, 0.2) is 11.5 Å². The van der Waals surface area contributed by atoms with Crippen LogP contribution < -0.4 is 26.2 Å². The molecule has 14 heteroatoms. The van der Waals surface area contributed by atoms with E-state index in [4.69, 9.17) is 10.7 Å². The van der Waals surface area contributed by atoms with Crippen LogP contribution in [0.15, 0.2) is 48.7 Å². The fraction of sp³-hybridized carbons (Fsp3) is 0.475. The summed E-state index contributed by atoms with van der Waals surface area (Å²) >= 11 is 0. The Balaban J connectivity index is 0.853. The minimum Gasteiger partial charge on any atom is -0.371 e. The van der Waals surface area contributed by atoms with Crippen molar-refractivity contribution < 1.29 is 24.0 Å². The first-order chi connectivity index (χ1) is 26.2. The van der Waals surface area contributed by atoms with E-state index in [0.717, 1.165) is 106 Å². The smallest absolute Gasteiger partial charge is 0.271 e. The van der Waals surface area contributed by atoms with Gasteiger partial charge in [-0.2, -0.15) is 0 Å². The number of piperidine rings is 3. The maximum atomic E-state index is 13.4. The molecule has 4 N–H and O–H groups in total. The zero-order valence-electron chi connectivity index (χ0n) is 30.5. The first-order valence-corrected chi connectivity index (χ1v) is 19.4. The number of rotatable bonds is 8. The summed E-state index contributed by atoms with van der Waals surface area (Å²) in [7, 11) is 0. The van der Waals surface area contributed by atoms with Crippen LogP contribution in [0.4, 0.5) is 23.0 Å². The number of benzene rings is 2. The van der Waals surface area contributed by atoms with Crippen LogP contribution in [-0.2, 0) is 9.59 Å². The molecule has 8 rings (SSSR count). The van der Waals surface area contributed by atoms with Crippen molar-refractivity contribution in [3.63, 3.8) is 0 Å². The average molecular weight is 734 g/mol. The molecule has 0 bridgehead atoms. The molecule has 3 aromatic rings. The zero-order valence-corrected chi connectivity index (χ0v) is 30.5. The summed E-state index contributed by atoms with van der Waals surface area (Å²) in [5.41, 5.74) is 9.44. The Morgan fingerprint density at radius 3 is 2.26 bits per heavy atom. The van der Waals surface area contributed by atoms with Crippen molar-refractivity contribution in [2.24, 2.45) is 5.73 Å². The van der Waals surface area contributed by atoms with E-state index < -0.39 is 29.7 Å². The van der Waals surface area contributed by atoms with E-state index in [2.05, 4.69) is 42.5 Å². The second-order valence-electron chi connectivity index (χ2n) is 15.1. The number of hydrogen-bond acceptors (Lipinski definition) is 11. The highest BCUT2D eigenvalue weighted by Crippen LogP contribution is 2.34. The molecule has 5 aliphatic heterocycles. The predicted octanol–water partition coefficient (Wildman–Crippen LogP) is 3.95. The molecule has 0 aliphatic carbocycles. The van der Waals surface area contributed by atoms with E-state index in [1.807, 2.05) is 18.2 Å². The third-order valence-electron chi connectivity index (χ3n) is 11.9. The molecule has 5 amide bonds. The van der Waals surface area contributed by atoms with E-state index in [1.54, 1.807) is 18.3 Å².